The van der Waals surface area contributed by atoms with Crippen LogP contribution in [0.25, 0.3) is 0 Å². The normalized spacial score (nSPS) is 11.5. The topological polar surface area (TPSA) is 77.2 Å². The number of ether oxygens (including phenoxy) is 1. The van der Waals surface area contributed by atoms with E-state index in [0.29, 0.717) is 12.5 Å². The maximum Gasteiger partial charge on any atom is 0.358 e. The summed E-state index contributed by atoms with van der Waals surface area (Å²) in [5, 5.41) is 15.4. The number of aromatic carboxylic acids is 1. The van der Waals surface area contributed by atoms with E-state index in [-0.39, 0.29) is 13.2 Å². The highest BCUT2D eigenvalue weighted by molar-refractivity contribution is 5.86. The first-order chi connectivity index (χ1) is 8.93. The number of aromatic nitrogens is 3. The molecular formula is C11H17F2N3O3. The van der Waals surface area contributed by atoms with Crippen LogP contribution in [-0.2, 0) is 11.3 Å². The van der Waals surface area contributed by atoms with Crippen molar-refractivity contribution >= 4 is 5.97 Å². The molecule has 0 saturated heterocycles. The smallest absolute Gasteiger partial charge is 0.358 e. The zero-order valence-electron chi connectivity index (χ0n) is 10.8. The lowest BCUT2D eigenvalue weighted by Gasteiger charge is -2.08. The highest BCUT2D eigenvalue weighted by Crippen LogP contribution is 2.21. The quantitative estimate of drug-likeness (QED) is 0.735. The third-order valence-corrected chi connectivity index (χ3v) is 2.47. The Bertz CT molecular complexity index is 421. The average molecular weight is 277 g/mol. The Morgan fingerprint density at radius 1 is 1.42 bits per heavy atom. The van der Waals surface area contributed by atoms with Gasteiger partial charge in [0, 0.05) is 6.61 Å². The van der Waals surface area contributed by atoms with Crippen LogP contribution in [0.5, 0.6) is 0 Å². The second-order valence-corrected chi connectivity index (χ2v) is 4.45. The van der Waals surface area contributed by atoms with Gasteiger partial charge in [-0.1, -0.05) is 19.1 Å². The van der Waals surface area contributed by atoms with Crippen LogP contribution in [0.1, 0.15) is 42.9 Å². The third kappa shape index (κ3) is 4.55. The molecule has 108 valence electrons. The lowest BCUT2D eigenvalue weighted by atomic mass is 10.1. The molecule has 0 fully saturated rings. The van der Waals surface area contributed by atoms with Crippen LogP contribution in [0.3, 0.4) is 0 Å². The van der Waals surface area contributed by atoms with E-state index in [0.717, 1.165) is 11.1 Å². The first kappa shape index (κ1) is 15.5. The van der Waals surface area contributed by atoms with Gasteiger partial charge >= 0.3 is 5.97 Å². The Hall–Kier alpha value is -1.57. The molecule has 1 heterocycles. The molecule has 0 aliphatic carbocycles. The van der Waals surface area contributed by atoms with Gasteiger partial charge in [0.1, 0.15) is 5.69 Å². The molecule has 0 saturated carbocycles. The molecule has 1 aromatic heterocycles. The molecule has 0 spiro atoms. The molecule has 0 aromatic carbocycles. The van der Waals surface area contributed by atoms with Gasteiger partial charge in [0.05, 0.1) is 13.2 Å². The fourth-order valence-corrected chi connectivity index (χ4v) is 1.43. The summed E-state index contributed by atoms with van der Waals surface area (Å²) in [6, 6.07) is 0. The molecular weight excluding hydrogens is 260 g/mol. The minimum Gasteiger partial charge on any atom is -0.476 e. The molecule has 0 aliphatic rings. The highest BCUT2D eigenvalue weighted by atomic mass is 19.3. The van der Waals surface area contributed by atoms with E-state index in [1.54, 1.807) is 0 Å². The van der Waals surface area contributed by atoms with Gasteiger partial charge < -0.3 is 9.84 Å². The summed E-state index contributed by atoms with van der Waals surface area (Å²) >= 11 is 0. The number of carbonyl (C=O) groups is 1. The molecule has 0 amide bonds. The lowest BCUT2D eigenvalue weighted by Crippen LogP contribution is -2.13. The summed E-state index contributed by atoms with van der Waals surface area (Å²) in [7, 11) is 0. The van der Waals surface area contributed by atoms with Crippen molar-refractivity contribution in [2.75, 3.05) is 13.2 Å². The van der Waals surface area contributed by atoms with E-state index in [4.69, 9.17) is 9.84 Å². The summed E-state index contributed by atoms with van der Waals surface area (Å²) < 4.78 is 31.7. The predicted octanol–water partition coefficient (Wildman–Crippen LogP) is 1.98. The van der Waals surface area contributed by atoms with E-state index in [1.807, 2.05) is 0 Å². The van der Waals surface area contributed by atoms with Gasteiger partial charge in [-0.15, -0.1) is 5.10 Å². The van der Waals surface area contributed by atoms with Crippen LogP contribution in [0, 0.1) is 5.92 Å². The number of carboxylic acid groups (broad SMARTS) is 1. The van der Waals surface area contributed by atoms with Crippen molar-refractivity contribution < 1.29 is 23.4 Å². The minimum absolute atomic E-state index is 0.0536. The molecule has 0 atom stereocenters. The van der Waals surface area contributed by atoms with Crippen LogP contribution in [0.15, 0.2) is 0 Å². The predicted molar refractivity (Wildman–Crippen MR) is 62.2 cm³/mol. The monoisotopic (exact) mass is 277 g/mol. The van der Waals surface area contributed by atoms with Crippen molar-refractivity contribution in [3.05, 3.63) is 11.4 Å². The molecule has 8 heteroatoms. The van der Waals surface area contributed by atoms with Gasteiger partial charge in [-0.25, -0.2) is 18.3 Å². The van der Waals surface area contributed by atoms with Gasteiger partial charge in [-0.2, -0.15) is 0 Å². The number of hydrogen-bond acceptors (Lipinski definition) is 4. The van der Waals surface area contributed by atoms with E-state index in [9.17, 15) is 13.6 Å². The molecule has 6 nitrogen and oxygen atoms in total. The summed E-state index contributed by atoms with van der Waals surface area (Å²) in [4.78, 5) is 10.7. The summed E-state index contributed by atoms with van der Waals surface area (Å²) in [6.45, 7) is 4.87. The maximum atomic E-state index is 12.8. The zero-order chi connectivity index (χ0) is 14.4. The molecule has 0 aliphatic heterocycles. The first-order valence-electron chi connectivity index (χ1n) is 5.96. The lowest BCUT2D eigenvalue weighted by molar-refractivity contribution is 0.0673. The van der Waals surface area contributed by atoms with Crippen LogP contribution in [0.4, 0.5) is 8.78 Å². The van der Waals surface area contributed by atoms with Crippen molar-refractivity contribution in [1.29, 1.82) is 0 Å². The third-order valence-electron chi connectivity index (χ3n) is 2.47. The Labute approximate surface area is 109 Å². The van der Waals surface area contributed by atoms with Gasteiger partial charge in [0.2, 0.25) is 0 Å². The molecule has 0 unspecified atom stereocenters. The number of rotatable bonds is 8. The van der Waals surface area contributed by atoms with Gasteiger partial charge in [0.15, 0.2) is 5.69 Å². The summed E-state index contributed by atoms with van der Waals surface area (Å²) in [6.07, 6.45) is -2.06. The van der Waals surface area contributed by atoms with Crippen molar-refractivity contribution in [2.45, 2.75) is 33.2 Å². The number of alkyl halides is 2. The van der Waals surface area contributed by atoms with Crippen molar-refractivity contribution in [1.82, 2.24) is 15.0 Å². The molecule has 1 N–H and O–H groups in total. The van der Waals surface area contributed by atoms with Gasteiger partial charge in [-0.3, -0.25) is 0 Å². The van der Waals surface area contributed by atoms with E-state index in [1.165, 1.54) is 0 Å². The molecule has 0 radical (unpaired) electrons. The van der Waals surface area contributed by atoms with Crippen LogP contribution in [0.2, 0.25) is 0 Å². The second kappa shape index (κ2) is 7.13. The summed E-state index contributed by atoms with van der Waals surface area (Å²) in [5.41, 5.74) is -1.39. The van der Waals surface area contributed by atoms with Crippen molar-refractivity contribution in [3.63, 3.8) is 0 Å². The molecule has 19 heavy (non-hydrogen) atoms. The Balaban J connectivity index is 2.56. The highest BCUT2D eigenvalue weighted by Gasteiger charge is 2.25. The van der Waals surface area contributed by atoms with E-state index in [2.05, 4.69) is 24.2 Å². The average Bonchev–Trinajstić information content (AvgIpc) is 2.72. The van der Waals surface area contributed by atoms with E-state index < -0.39 is 23.8 Å². The fraction of sp³-hybridized carbons (Fsp3) is 0.727. The van der Waals surface area contributed by atoms with Crippen molar-refractivity contribution in [2.24, 2.45) is 5.92 Å². The number of halogens is 2. The van der Waals surface area contributed by atoms with Crippen LogP contribution in [-0.4, -0.2) is 39.3 Å². The largest absolute Gasteiger partial charge is 0.476 e. The standard InChI is InChI=1S/C11H17F2N3O3/c1-7(2)3-5-19-6-4-16-9(10(12)13)8(11(17)18)14-15-16/h7,10H,3-6H2,1-2H3,(H,17,18). The number of hydrogen-bond donors (Lipinski definition) is 1. The number of nitrogens with zero attached hydrogens (tertiary/aromatic N) is 3. The molecule has 1 aromatic rings. The fourth-order valence-electron chi connectivity index (χ4n) is 1.43. The van der Waals surface area contributed by atoms with Crippen LogP contribution >= 0.6 is 0 Å². The van der Waals surface area contributed by atoms with E-state index >= 15 is 0 Å². The van der Waals surface area contributed by atoms with Gasteiger partial charge in [0.25, 0.3) is 6.43 Å². The SMILES string of the molecule is CC(C)CCOCCn1nnc(C(=O)O)c1C(F)F. The Morgan fingerprint density at radius 2 is 2.11 bits per heavy atom. The first-order valence-corrected chi connectivity index (χ1v) is 5.96. The molecule has 0 bridgehead atoms. The summed E-state index contributed by atoms with van der Waals surface area (Å²) in [5.74, 6) is -1.01. The van der Waals surface area contributed by atoms with Crippen molar-refractivity contribution in [3.8, 4) is 0 Å². The Morgan fingerprint density at radius 3 is 2.63 bits per heavy atom. The molecule has 1 rings (SSSR count). The van der Waals surface area contributed by atoms with Gasteiger partial charge in [-0.05, 0) is 12.3 Å². The number of carboxylic acids is 1. The second-order valence-electron chi connectivity index (χ2n) is 4.45. The zero-order valence-corrected chi connectivity index (χ0v) is 10.8. The maximum absolute atomic E-state index is 12.8. The minimum atomic E-state index is -2.93. The Kier molecular flexibility index (Phi) is 5.81. The van der Waals surface area contributed by atoms with Crippen LogP contribution < -0.4 is 0 Å².